The zero-order valence-corrected chi connectivity index (χ0v) is 14.8. The number of amides is 2. The van der Waals surface area contributed by atoms with Crippen LogP contribution in [0, 0.1) is 0 Å². The van der Waals surface area contributed by atoms with Crippen LogP contribution in [0.2, 0.25) is 0 Å². The van der Waals surface area contributed by atoms with Crippen molar-refractivity contribution in [1.82, 2.24) is 5.32 Å². The van der Waals surface area contributed by atoms with Crippen molar-refractivity contribution in [2.24, 2.45) is 0 Å². The Morgan fingerprint density at radius 3 is 2.96 bits per heavy atom. The molecule has 1 saturated heterocycles. The molecule has 5 nitrogen and oxygen atoms in total. The first-order chi connectivity index (χ1) is 11.6. The van der Waals surface area contributed by atoms with Crippen LogP contribution in [0.3, 0.4) is 0 Å². The summed E-state index contributed by atoms with van der Waals surface area (Å²) in [5, 5.41) is 3.23. The number of carbonyl (C=O) groups is 2. The molecule has 2 heterocycles. The topological polar surface area (TPSA) is 58.6 Å². The summed E-state index contributed by atoms with van der Waals surface area (Å²) < 4.78 is 5.48. The van der Waals surface area contributed by atoms with Crippen LogP contribution in [0.15, 0.2) is 29.2 Å². The minimum atomic E-state index is -0.0773. The van der Waals surface area contributed by atoms with Crippen molar-refractivity contribution >= 4 is 29.3 Å². The van der Waals surface area contributed by atoms with Crippen LogP contribution in [0.1, 0.15) is 32.6 Å². The lowest BCUT2D eigenvalue weighted by Crippen LogP contribution is -2.39. The minimum absolute atomic E-state index is 0.0156. The maximum absolute atomic E-state index is 12.6. The fourth-order valence-corrected chi connectivity index (χ4v) is 4.22. The lowest BCUT2D eigenvalue weighted by Gasteiger charge is -2.32. The number of fused-ring (bicyclic) bond motifs is 1. The number of hydrogen-bond donors (Lipinski definition) is 1. The monoisotopic (exact) mass is 348 g/mol. The SMILES string of the molecule is C[C@H]1CN(C(=O)CCC(=O)NC[C@@H]2CCCO2)c2ccccc2S1. The fraction of sp³-hybridized carbons (Fsp3) is 0.556. The van der Waals surface area contributed by atoms with Crippen molar-refractivity contribution in [1.29, 1.82) is 0 Å². The summed E-state index contributed by atoms with van der Waals surface area (Å²) in [5.41, 5.74) is 0.963. The third-order valence-corrected chi connectivity index (χ3v) is 5.49. The van der Waals surface area contributed by atoms with Crippen LogP contribution in [0.25, 0.3) is 0 Å². The Bertz CT molecular complexity index is 602. The molecule has 130 valence electrons. The summed E-state index contributed by atoms with van der Waals surface area (Å²) in [6.45, 7) is 4.14. The van der Waals surface area contributed by atoms with Gasteiger partial charge in [0, 0.05) is 42.7 Å². The van der Waals surface area contributed by atoms with Gasteiger partial charge >= 0.3 is 0 Å². The number of ether oxygens (including phenoxy) is 1. The Labute approximate surface area is 147 Å². The van der Waals surface area contributed by atoms with E-state index in [0.717, 1.165) is 30.0 Å². The van der Waals surface area contributed by atoms with Crippen molar-refractivity contribution in [3.05, 3.63) is 24.3 Å². The van der Waals surface area contributed by atoms with E-state index < -0.39 is 0 Å². The van der Waals surface area contributed by atoms with Crippen LogP contribution in [0.5, 0.6) is 0 Å². The van der Waals surface area contributed by atoms with Gasteiger partial charge in [-0.1, -0.05) is 19.1 Å². The summed E-state index contributed by atoms with van der Waals surface area (Å²) in [6.07, 6.45) is 2.66. The zero-order valence-electron chi connectivity index (χ0n) is 14.0. The largest absolute Gasteiger partial charge is 0.376 e. The van der Waals surface area contributed by atoms with Gasteiger partial charge in [-0.05, 0) is 25.0 Å². The molecule has 24 heavy (non-hydrogen) atoms. The van der Waals surface area contributed by atoms with Gasteiger partial charge in [0.2, 0.25) is 11.8 Å². The van der Waals surface area contributed by atoms with E-state index in [1.807, 2.05) is 29.2 Å². The van der Waals surface area contributed by atoms with Gasteiger partial charge in [0.25, 0.3) is 0 Å². The maximum atomic E-state index is 12.6. The van der Waals surface area contributed by atoms with E-state index in [1.165, 1.54) is 0 Å². The Kier molecular flexibility index (Phi) is 5.79. The molecule has 0 aliphatic carbocycles. The molecule has 0 bridgehead atoms. The third-order valence-electron chi connectivity index (χ3n) is 4.34. The highest BCUT2D eigenvalue weighted by atomic mass is 32.2. The molecule has 0 aromatic heterocycles. The highest BCUT2D eigenvalue weighted by Gasteiger charge is 2.26. The van der Waals surface area contributed by atoms with E-state index in [0.29, 0.717) is 18.3 Å². The quantitative estimate of drug-likeness (QED) is 0.889. The fourth-order valence-electron chi connectivity index (χ4n) is 3.10. The predicted octanol–water partition coefficient (Wildman–Crippen LogP) is 2.59. The Morgan fingerprint density at radius 1 is 1.33 bits per heavy atom. The van der Waals surface area contributed by atoms with Gasteiger partial charge in [-0.15, -0.1) is 11.8 Å². The highest BCUT2D eigenvalue weighted by Crippen LogP contribution is 2.38. The number of hydrogen-bond acceptors (Lipinski definition) is 4. The third kappa shape index (κ3) is 4.30. The first-order valence-corrected chi connectivity index (χ1v) is 9.46. The first-order valence-electron chi connectivity index (χ1n) is 8.58. The molecular weight excluding hydrogens is 324 g/mol. The van der Waals surface area contributed by atoms with Gasteiger partial charge in [0.1, 0.15) is 0 Å². The van der Waals surface area contributed by atoms with Crippen LogP contribution in [-0.2, 0) is 14.3 Å². The van der Waals surface area contributed by atoms with Gasteiger partial charge in [-0.3, -0.25) is 9.59 Å². The normalized spacial score (nSPS) is 23.0. The van der Waals surface area contributed by atoms with E-state index in [-0.39, 0.29) is 30.8 Å². The van der Waals surface area contributed by atoms with Gasteiger partial charge in [0.05, 0.1) is 11.8 Å². The standard InChI is InChI=1S/C18H24N2O3S/c1-13-12-20(15-6-2-3-7-16(15)24-13)18(22)9-8-17(21)19-11-14-5-4-10-23-14/h2-3,6-7,13-14H,4-5,8-12H2,1H3,(H,19,21)/t13-,14-/m0/s1. The van der Waals surface area contributed by atoms with Gasteiger partial charge in [-0.25, -0.2) is 0 Å². The molecule has 2 atom stereocenters. The van der Waals surface area contributed by atoms with Crippen molar-refractivity contribution in [2.75, 3.05) is 24.6 Å². The number of nitrogens with zero attached hydrogens (tertiary/aromatic N) is 1. The molecule has 0 unspecified atom stereocenters. The number of nitrogens with one attached hydrogen (secondary N) is 1. The summed E-state index contributed by atoms with van der Waals surface area (Å²) in [5.74, 6) is -0.0616. The summed E-state index contributed by atoms with van der Waals surface area (Å²) in [6, 6.07) is 7.96. The van der Waals surface area contributed by atoms with Crippen molar-refractivity contribution in [2.45, 2.75) is 48.9 Å². The van der Waals surface area contributed by atoms with Gasteiger partial charge in [-0.2, -0.15) is 0 Å². The molecule has 0 spiro atoms. The molecule has 3 rings (SSSR count). The van der Waals surface area contributed by atoms with Crippen LogP contribution in [0.4, 0.5) is 5.69 Å². The van der Waals surface area contributed by atoms with Gasteiger partial charge in [0.15, 0.2) is 0 Å². The zero-order chi connectivity index (χ0) is 16.9. The molecule has 1 fully saturated rings. The smallest absolute Gasteiger partial charge is 0.227 e. The van der Waals surface area contributed by atoms with E-state index in [2.05, 4.69) is 12.2 Å². The molecule has 0 radical (unpaired) electrons. The molecule has 1 N–H and O–H groups in total. The Balaban J connectivity index is 1.50. The number of rotatable bonds is 5. The first kappa shape index (κ1) is 17.3. The highest BCUT2D eigenvalue weighted by molar-refractivity contribution is 8.00. The molecule has 6 heteroatoms. The summed E-state index contributed by atoms with van der Waals surface area (Å²) in [7, 11) is 0. The van der Waals surface area contributed by atoms with E-state index >= 15 is 0 Å². The molecule has 0 saturated carbocycles. The molecule has 2 aliphatic heterocycles. The number of anilines is 1. The molecular formula is C18H24N2O3S. The molecule has 2 amide bonds. The molecule has 1 aromatic rings. The van der Waals surface area contributed by atoms with E-state index in [4.69, 9.17) is 4.74 Å². The second-order valence-electron chi connectivity index (χ2n) is 6.34. The number of para-hydroxylation sites is 1. The van der Waals surface area contributed by atoms with Crippen molar-refractivity contribution in [3.63, 3.8) is 0 Å². The van der Waals surface area contributed by atoms with Crippen LogP contribution < -0.4 is 10.2 Å². The maximum Gasteiger partial charge on any atom is 0.227 e. The predicted molar refractivity (Wildman–Crippen MR) is 95.3 cm³/mol. The summed E-state index contributed by atoms with van der Waals surface area (Å²) in [4.78, 5) is 27.5. The lowest BCUT2D eigenvalue weighted by molar-refractivity contribution is -0.125. The number of benzene rings is 1. The van der Waals surface area contributed by atoms with E-state index in [1.54, 1.807) is 11.8 Å². The average molecular weight is 348 g/mol. The lowest BCUT2D eigenvalue weighted by atomic mass is 10.2. The van der Waals surface area contributed by atoms with Crippen molar-refractivity contribution < 1.29 is 14.3 Å². The molecule has 1 aromatic carbocycles. The average Bonchev–Trinajstić information content (AvgIpc) is 3.10. The minimum Gasteiger partial charge on any atom is -0.376 e. The van der Waals surface area contributed by atoms with Gasteiger partial charge < -0.3 is 15.0 Å². The summed E-state index contributed by atoms with van der Waals surface area (Å²) >= 11 is 1.79. The van der Waals surface area contributed by atoms with Crippen molar-refractivity contribution in [3.8, 4) is 0 Å². The number of thioether (sulfide) groups is 1. The van der Waals surface area contributed by atoms with Crippen LogP contribution >= 0.6 is 11.8 Å². The van der Waals surface area contributed by atoms with E-state index in [9.17, 15) is 9.59 Å². The molecule has 2 aliphatic rings. The Morgan fingerprint density at radius 2 is 2.17 bits per heavy atom. The number of carbonyl (C=O) groups excluding carboxylic acids is 2. The van der Waals surface area contributed by atoms with Crippen LogP contribution in [-0.4, -0.2) is 42.9 Å². The second kappa shape index (κ2) is 8.03. The second-order valence-corrected chi connectivity index (χ2v) is 7.82. The Hall–Kier alpha value is -1.53.